The number of sulfone groups is 1. The SMILES string of the molecule is CCCC(O)S(=O)(=O)c1ccccc1C. The summed E-state index contributed by atoms with van der Waals surface area (Å²) in [7, 11) is -3.58. The number of benzene rings is 1. The van der Waals surface area contributed by atoms with Crippen molar-refractivity contribution in [2.24, 2.45) is 0 Å². The second-order valence-corrected chi connectivity index (χ2v) is 5.63. The fourth-order valence-electron chi connectivity index (χ4n) is 1.42. The highest BCUT2D eigenvalue weighted by atomic mass is 32.2. The fraction of sp³-hybridized carbons (Fsp3) is 0.455. The number of hydrogen-bond acceptors (Lipinski definition) is 3. The first-order chi connectivity index (χ1) is 7.00. The van der Waals surface area contributed by atoms with Crippen molar-refractivity contribution < 1.29 is 13.5 Å². The van der Waals surface area contributed by atoms with Crippen molar-refractivity contribution in [3.63, 3.8) is 0 Å². The molecule has 1 atom stereocenters. The molecule has 3 nitrogen and oxygen atoms in total. The highest BCUT2D eigenvalue weighted by Gasteiger charge is 2.25. The summed E-state index contributed by atoms with van der Waals surface area (Å²) in [6, 6.07) is 6.70. The van der Waals surface area contributed by atoms with Gasteiger partial charge in [-0.25, -0.2) is 8.42 Å². The molecule has 1 aromatic carbocycles. The molecule has 0 aromatic heterocycles. The molecule has 1 aromatic rings. The first kappa shape index (κ1) is 12.2. The molecule has 15 heavy (non-hydrogen) atoms. The average Bonchev–Trinajstić information content (AvgIpc) is 2.18. The van der Waals surface area contributed by atoms with Crippen LogP contribution in [-0.4, -0.2) is 19.0 Å². The van der Waals surface area contributed by atoms with Crippen molar-refractivity contribution in [3.8, 4) is 0 Å². The van der Waals surface area contributed by atoms with E-state index in [4.69, 9.17) is 0 Å². The van der Waals surface area contributed by atoms with Crippen LogP contribution in [0.4, 0.5) is 0 Å². The molecule has 1 rings (SSSR count). The van der Waals surface area contributed by atoms with Crippen molar-refractivity contribution in [3.05, 3.63) is 29.8 Å². The van der Waals surface area contributed by atoms with Gasteiger partial charge in [0.2, 0.25) is 9.84 Å². The van der Waals surface area contributed by atoms with Gasteiger partial charge in [-0.1, -0.05) is 31.5 Å². The minimum Gasteiger partial charge on any atom is -0.377 e. The van der Waals surface area contributed by atoms with Gasteiger partial charge in [0, 0.05) is 0 Å². The zero-order valence-corrected chi connectivity index (χ0v) is 9.79. The second kappa shape index (κ2) is 4.77. The largest absolute Gasteiger partial charge is 0.377 e. The molecule has 0 radical (unpaired) electrons. The third-order valence-corrected chi connectivity index (χ3v) is 4.32. The van der Waals surface area contributed by atoms with Crippen molar-refractivity contribution in [2.45, 2.75) is 37.0 Å². The average molecular weight is 228 g/mol. The molecule has 0 spiro atoms. The summed E-state index contributed by atoms with van der Waals surface area (Å²) in [6.45, 7) is 3.57. The Bertz CT molecular complexity index is 423. The van der Waals surface area contributed by atoms with E-state index in [2.05, 4.69) is 0 Å². The van der Waals surface area contributed by atoms with Crippen molar-refractivity contribution >= 4 is 9.84 Å². The molecule has 0 saturated heterocycles. The molecule has 84 valence electrons. The first-order valence-corrected chi connectivity index (χ1v) is 6.52. The van der Waals surface area contributed by atoms with Crippen LogP contribution in [0.5, 0.6) is 0 Å². The van der Waals surface area contributed by atoms with E-state index in [1.54, 1.807) is 25.1 Å². The van der Waals surface area contributed by atoms with Gasteiger partial charge < -0.3 is 5.11 Å². The molecule has 0 amide bonds. The first-order valence-electron chi connectivity index (χ1n) is 4.97. The van der Waals surface area contributed by atoms with Crippen LogP contribution >= 0.6 is 0 Å². The molecule has 0 saturated carbocycles. The lowest BCUT2D eigenvalue weighted by Crippen LogP contribution is -2.21. The van der Waals surface area contributed by atoms with Crippen LogP contribution in [0.15, 0.2) is 29.2 Å². The Morgan fingerprint density at radius 2 is 1.93 bits per heavy atom. The molecular weight excluding hydrogens is 212 g/mol. The molecule has 0 bridgehead atoms. The van der Waals surface area contributed by atoms with Crippen molar-refractivity contribution in [1.29, 1.82) is 0 Å². The third-order valence-electron chi connectivity index (χ3n) is 2.29. The summed E-state index contributed by atoms with van der Waals surface area (Å²) in [6.07, 6.45) is 0.920. The van der Waals surface area contributed by atoms with Crippen LogP contribution < -0.4 is 0 Å². The normalized spacial score (nSPS) is 13.8. The monoisotopic (exact) mass is 228 g/mol. The number of aliphatic hydroxyl groups is 1. The van der Waals surface area contributed by atoms with Gasteiger partial charge in [0.15, 0.2) is 5.44 Å². The fourth-order valence-corrected chi connectivity index (χ4v) is 3.05. The number of aliphatic hydroxyl groups excluding tert-OH is 1. The van der Waals surface area contributed by atoms with Crippen LogP contribution in [-0.2, 0) is 9.84 Å². The molecular formula is C11H16O3S. The van der Waals surface area contributed by atoms with Gasteiger partial charge in [-0.2, -0.15) is 0 Å². The predicted molar refractivity (Wildman–Crippen MR) is 59.3 cm³/mol. The van der Waals surface area contributed by atoms with E-state index < -0.39 is 15.3 Å². The van der Waals surface area contributed by atoms with E-state index in [9.17, 15) is 13.5 Å². The summed E-state index contributed by atoms with van der Waals surface area (Å²) in [5.74, 6) is 0. The quantitative estimate of drug-likeness (QED) is 0.856. The van der Waals surface area contributed by atoms with Crippen LogP contribution in [0, 0.1) is 6.92 Å². The van der Waals surface area contributed by atoms with Crippen LogP contribution in [0.3, 0.4) is 0 Å². The number of aryl methyl sites for hydroxylation is 1. The van der Waals surface area contributed by atoms with Crippen molar-refractivity contribution in [2.75, 3.05) is 0 Å². The Balaban J connectivity index is 3.12. The highest BCUT2D eigenvalue weighted by molar-refractivity contribution is 7.92. The Labute approximate surface area is 90.7 Å². The van der Waals surface area contributed by atoms with E-state index in [1.807, 2.05) is 6.92 Å². The summed E-state index contributed by atoms with van der Waals surface area (Å²) in [5, 5.41) is 9.57. The maximum Gasteiger partial charge on any atom is 0.205 e. The summed E-state index contributed by atoms with van der Waals surface area (Å²) >= 11 is 0. The van der Waals surface area contributed by atoms with E-state index in [0.717, 1.165) is 0 Å². The highest BCUT2D eigenvalue weighted by Crippen LogP contribution is 2.20. The summed E-state index contributed by atoms with van der Waals surface area (Å²) < 4.78 is 23.8. The Morgan fingerprint density at radius 3 is 2.47 bits per heavy atom. The zero-order chi connectivity index (χ0) is 11.5. The standard InChI is InChI=1S/C11H16O3S/c1-3-6-11(12)15(13,14)10-8-5-4-7-9(10)2/h4-5,7-8,11-12H,3,6H2,1-2H3. The van der Waals surface area contributed by atoms with Crippen LogP contribution in [0.1, 0.15) is 25.3 Å². The van der Waals surface area contributed by atoms with E-state index in [-0.39, 0.29) is 11.3 Å². The van der Waals surface area contributed by atoms with Crippen LogP contribution in [0.2, 0.25) is 0 Å². The molecule has 0 aliphatic heterocycles. The number of rotatable bonds is 4. The van der Waals surface area contributed by atoms with Gasteiger partial charge in [0.1, 0.15) is 0 Å². The lowest BCUT2D eigenvalue weighted by Gasteiger charge is -2.12. The molecule has 0 heterocycles. The zero-order valence-electron chi connectivity index (χ0n) is 8.97. The minimum absolute atomic E-state index is 0.228. The Kier molecular flexibility index (Phi) is 3.88. The van der Waals surface area contributed by atoms with Gasteiger partial charge >= 0.3 is 0 Å². The lowest BCUT2D eigenvalue weighted by atomic mass is 10.2. The molecule has 0 aliphatic rings. The topological polar surface area (TPSA) is 54.4 Å². The second-order valence-electron chi connectivity index (χ2n) is 3.55. The molecule has 1 unspecified atom stereocenters. The van der Waals surface area contributed by atoms with Crippen molar-refractivity contribution in [1.82, 2.24) is 0 Å². The van der Waals surface area contributed by atoms with Gasteiger partial charge in [0.25, 0.3) is 0 Å². The maximum absolute atomic E-state index is 11.9. The third kappa shape index (κ3) is 2.58. The van der Waals surface area contributed by atoms with E-state index in [0.29, 0.717) is 12.0 Å². The molecule has 0 fully saturated rings. The van der Waals surface area contributed by atoms with Gasteiger partial charge in [0.05, 0.1) is 4.90 Å². The Morgan fingerprint density at radius 1 is 1.33 bits per heavy atom. The minimum atomic E-state index is -3.58. The number of hydrogen-bond donors (Lipinski definition) is 1. The molecule has 4 heteroatoms. The predicted octanol–water partition coefficient (Wildman–Crippen LogP) is 1.89. The van der Waals surface area contributed by atoms with Gasteiger partial charge in [-0.15, -0.1) is 0 Å². The Hall–Kier alpha value is -0.870. The van der Waals surface area contributed by atoms with Gasteiger partial charge in [-0.3, -0.25) is 0 Å². The van der Waals surface area contributed by atoms with Crippen LogP contribution in [0.25, 0.3) is 0 Å². The summed E-state index contributed by atoms with van der Waals surface area (Å²) in [5.41, 5.74) is -0.615. The molecule has 1 N–H and O–H groups in total. The van der Waals surface area contributed by atoms with E-state index in [1.165, 1.54) is 6.07 Å². The smallest absolute Gasteiger partial charge is 0.205 e. The maximum atomic E-state index is 11.9. The summed E-state index contributed by atoms with van der Waals surface area (Å²) in [4.78, 5) is 0.228. The molecule has 0 aliphatic carbocycles. The van der Waals surface area contributed by atoms with Gasteiger partial charge in [-0.05, 0) is 25.0 Å². The lowest BCUT2D eigenvalue weighted by molar-refractivity contribution is 0.237. The van der Waals surface area contributed by atoms with E-state index >= 15 is 0 Å².